The van der Waals surface area contributed by atoms with Crippen molar-refractivity contribution in [1.82, 2.24) is 0 Å². The van der Waals surface area contributed by atoms with Gasteiger partial charge in [-0.2, -0.15) is 0 Å². The van der Waals surface area contributed by atoms with E-state index in [1.54, 1.807) is 0 Å². The second-order valence-electron chi connectivity index (χ2n) is 5.39. The normalized spacial score (nSPS) is 17.0. The number of benzene rings is 1. The lowest BCUT2D eigenvalue weighted by Gasteiger charge is -2.14. The minimum Gasteiger partial charge on any atom is -0.489 e. The molecule has 0 aliphatic heterocycles. The van der Waals surface area contributed by atoms with Gasteiger partial charge in [-0.05, 0) is 50.3 Å². The largest absolute Gasteiger partial charge is 0.489 e. The molecule has 0 radical (unpaired) electrons. The van der Waals surface area contributed by atoms with Crippen LogP contribution in [-0.2, 0) is 0 Å². The maximum Gasteiger partial charge on any atom is 0.123 e. The quantitative estimate of drug-likeness (QED) is 0.805. The average Bonchev–Trinajstić information content (AvgIpc) is 2.74. The highest BCUT2D eigenvalue weighted by Gasteiger charge is 2.05. The van der Waals surface area contributed by atoms with Crippen LogP contribution in [0.4, 0.5) is 0 Å². The Balaban J connectivity index is 1.89. The summed E-state index contributed by atoms with van der Waals surface area (Å²) in [6.07, 6.45) is 8.64. The fourth-order valence-electron chi connectivity index (χ4n) is 2.31. The van der Waals surface area contributed by atoms with Gasteiger partial charge in [-0.25, -0.2) is 0 Å². The Morgan fingerprint density at radius 1 is 1.20 bits per heavy atom. The monoisotopic (exact) mass is 275 g/mol. The van der Waals surface area contributed by atoms with Gasteiger partial charge in [0.05, 0.1) is 0 Å². The van der Waals surface area contributed by atoms with Gasteiger partial charge in [0, 0.05) is 12.6 Å². The van der Waals surface area contributed by atoms with E-state index < -0.39 is 0 Å². The van der Waals surface area contributed by atoms with Crippen molar-refractivity contribution in [3.63, 3.8) is 0 Å². The van der Waals surface area contributed by atoms with Crippen molar-refractivity contribution in [2.75, 3.05) is 13.2 Å². The van der Waals surface area contributed by atoms with Gasteiger partial charge in [-0.3, -0.25) is 0 Å². The molecule has 1 aliphatic carbocycles. The van der Waals surface area contributed by atoms with Crippen LogP contribution in [0.2, 0.25) is 0 Å². The molecule has 1 atom stereocenters. The molecule has 1 unspecified atom stereocenters. The van der Waals surface area contributed by atoms with Crippen LogP contribution in [0.1, 0.15) is 39.0 Å². The number of rotatable bonds is 6. The zero-order valence-electron chi connectivity index (χ0n) is 12.3. The van der Waals surface area contributed by atoms with Crippen molar-refractivity contribution in [2.24, 2.45) is 5.73 Å². The third-order valence-corrected chi connectivity index (χ3v) is 3.53. The molecule has 110 valence electrons. The predicted octanol–water partition coefficient (Wildman–Crippen LogP) is 3.68. The fourth-order valence-corrected chi connectivity index (χ4v) is 2.31. The molecule has 0 saturated heterocycles. The van der Waals surface area contributed by atoms with Crippen LogP contribution in [0.15, 0.2) is 35.9 Å². The second kappa shape index (κ2) is 7.95. The first-order valence-corrected chi connectivity index (χ1v) is 7.55. The Hall–Kier alpha value is -1.48. The minimum atomic E-state index is 0.0230. The van der Waals surface area contributed by atoms with Crippen molar-refractivity contribution >= 4 is 0 Å². The van der Waals surface area contributed by atoms with Gasteiger partial charge in [-0.1, -0.05) is 18.6 Å². The van der Waals surface area contributed by atoms with Crippen LogP contribution in [0, 0.1) is 0 Å². The zero-order valence-corrected chi connectivity index (χ0v) is 12.3. The van der Waals surface area contributed by atoms with Crippen LogP contribution in [0.3, 0.4) is 0 Å². The van der Waals surface area contributed by atoms with E-state index in [0.717, 1.165) is 11.5 Å². The van der Waals surface area contributed by atoms with Gasteiger partial charge in [0.25, 0.3) is 0 Å². The summed E-state index contributed by atoms with van der Waals surface area (Å²) in [7, 11) is 0. The lowest BCUT2D eigenvalue weighted by atomic mass is 10.1. The van der Waals surface area contributed by atoms with Crippen LogP contribution < -0.4 is 15.2 Å². The molecule has 2 rings (SSSR count). The molecule has 0 aromatic heterocycles. The van der Waals surface area contributed by atoms with Crippen LogP contribution in [-0.4, -0.2) is 19.3 Å². The molecule has 3 nitrogen and oxygen atoms in total. The van der Waals surface area contributed by atoms with Gasteiger partial charge < -0.3 is 15.2 Å². The molecule has 1 aromatic rings. The first-order valence-electron chi connectivity index (χ1n) is 7.55. The van der Waals surface area contributed by atoms with Crippen molar-refractivity contribution in [3.05, 3.63) is 35.9 Å². The van der Waals surface area contributed by atoms with Gasteiger partial charge in [-0.15, -0.1) is 0 Å². The Bertz CT molecular complexity index is 442. The molecule has 0 saturated carbocycles. The SMILES string of the molecule is CC(CN)Oc1cccc(OCC2=CCCCCC2)c1. The van der Waals surface area contributed by atoms with E-state index in [2.05, 4.69) is 6.08 Å². The summed E-state index contributed by atoms with van der Waals surface area (Å²) in [6, 6.07) is 7.79. The maximum atomic E-state index is 5.88. The highest BCUT2D eigenvalue weighted by molar-refractivity contribution is 5.33. The lowest BCUT2D eigenvalue weighted by molar-refractivity contribution is 0.228. The van der Waals surface area contributed by atoms with E-state index >= 15 is 0 Å². The summed E-state index contributed by atoms with van der Waals surface area (Å²) in [5, 5.41) is 0. The summed E-state index contributed by atoms with van der Waals surface area (Å²) in [6.45, 7) is 3.16. The molecule has 0 heterocycles. The van der Waals surface area contributed by atoms with Gasteiger partial charge in [0.15, 0.2) is 0 Å². The number of ether oxygens (including phenoxy) is 2. The molecule has 0 spiro atoms. The molecule has 3 heteroatoms. The van der Waals surface area contributed by atoms with Gasteiger partial charge in [0.2, 0.25) is 0 Å². The van der Waals surface area contributed by atoms with Crippen LogP contribution in [0.5, 0.6) is 11.5 Å². The lowest BCUT2D eigenvalue weighted by Crippen LogP contribution is -2.22. The molecular formula is C17H25NO2. The summed E-state index contributed by atoms with van der Waals surface area (Å²) >= 11 is 0. The number of hydrogen-bond acceptors (Lipinski definition) is 3. The minimum absolute atomic E-state index is 0.0230. The Kier molecular flexibility index (Phi) is 5.93. The van der Waals surface area contributed by atoms with Crippen LogP contribution in [0.25, 0.3) is 0 Å². The standard InChI is InChI=1S/C17H25NO2/c1-14(12-18)20-17-10-6-9-16(11-17)19-13-15-7-4-2-3-5-8-15/h6-7,9-11,14H,2-5,8,12-13,18H2,1H3. The molecule has 20 heavy (non-hydrogen) atoms. The first kappa shape index (κ1) is 14.9. The van der Waals surface area contributed by atoms with E-state index in [-0.39, 0.29) is 6.10 Å². The zero-order chi connectivity index (χ0) is 14.2. The van der Waals surface area contributed by atoms with Crippen molar-refractivity contribution in [2.45, 2.75) is 45.1 Å². The number of allylic oxidation sites excluding steroid dienone is 1. The second-order valence-corrected chi connectivity index (χ2v) is 5.39. The van der Waals surface area contributed by atoms with Gasteiger partial charge >= 0.3 is 0 Å². The van der Waals surface area contributed by atoms with E-state index in [0.29, 0.717) is 13.2 Å². The molecule has 1 aromatic carbocycles. The average molecular weight is 275 g/mol. The predicted molar refractivity (Wildman–Crippen MR) is 82.2 cm³/mol. The number of hydrogen-bond donors (Lipinski definition) is 1. The summed E-state index contributed by atoms with van der Waals surface area (Å²) in [5.41, 5.74) is 6.99. The topological polar surface area (TPSA) is 44.5 Å². The molecule has 0 fully saturated rings. The van der Waals surface area contributed by atoms with Crippen molar-refractivity contribution in [3.8, 4) is 11.5 Å². The first-order chi connectivity index (χ1) is 9.78. The molecule has 2 N–H and O–H groups in total. The summed E-state index contributed by atoms with van der Waals surface area (Å²) in [4.78, 5) is 0. The molecule has 0 bridgehead atoms. The Labute approximate surface area is 121 Å². The van der Waals surface area contributed by atoms with Crippen molar-refractivity contribution in [1.29, 1.82) is 0 Å². The van der Waals surface area contributed by atoms with E-state index in [9.17, 15) is 0 Å². The van der Waals surface area contributed by atoms with Gasteiger partial charge in [0.1, 0.15) is 24.2 Å². The van der Waals surface area contributed by atoms with E-state index in [1.165, 1.54) is 37.7 Å². The van der Waals surface area contributed by atoms with E-state index in [1.807, 2.05) is 31.2 Å². The molecular weight excluding hydrogens is 250 g/mol. The van der Waals surface area contributed by atoms with Crippen LogP contribution >= 0.6 is 0 Å². The Morgan fingerprint density at radius 3 is 2.90 bits per heavy atom. The number of nitrogens with two attached hydrogens (primary N) is 1. The third kappa shape index (κ3) is 4.89. The molecule has 0 amide bonds. The highest BCUT2D eigenvalue weighted by Crippen LogP contribution is 2.22. The third-order valence-electron chi connectivity index (χ3n) is 3.53. The molecule has 1 aliphatic rings. The smallest absolute Gasteiger partial charge is 0.123 e. The fraction of sp³-hybridized carbons (Fsp3) is 0.529. The summed E-state index contributed by atoms with van der Waals surface area (Å²) < 4.78 is 11.6. The summed E-state index contributed by atoms with van der Waals surface area (Å²) in [5.74, 6) is 1.67. The van der Waals surface area contributed by atoms with Crippen molar-refractivity contribution < 1.29 is 9.47 Å². The Morgan fingerprint density at radius 2 is 2.05 bits per heavy atom. The van der Waals surface area contributed by atoms with E-state index in [4.69, 9.17) is 15.2 Å². The highest BCUT2D eigenvalue weighted by atomic mass is 16.5. The maximum absolute atomic E-state index is 5.88.